The van der Waals surface area contributed by atoms with Crippen molar-refractivity contribution < 1.29 is 41.1 Å². The molecule has 0 bridgehead atoms. The molecule has 3 rings (SSSR count). The molecule has 1 fully saturated rings. The van der Waals surface area contributed by atoms with Crippen LogP contribution in [0.25, 0.3) is 0 Å². The number of benzene rings is 2. The first-order valence-electron chi connectivity index (χ1n) is 12.6. The number of rotatable bonds is 11. The van der Waals surface area contributed by atoms with Gasteiger partial charge in [0.2, 0.25) is 6.10 Å². The summed E-state index contributed by atoms with van der Waals surface area (Å²) in [5.74, 6) is -0.566. The quantitative estimate of drug-likeness (QED) is 0.275. The van der Waals surface area contributed by atoms with Crippen LogP contribution in [0.15, 0.2) is 30.3 Å². The van der Waals surface area contributed by atoms with E-state index in [4.69, 9.17) is 15.2 Å². The minimum atomic E-state index is -4.76. The highest BCUT2D eigenvalue weighted by Crippen LogP contribution is 2.33. The van der Waals surface area contributed by atoms with E-state index in [1.165, 1.54) is 6.07 Å². The number of nitrogen functional groups attached to an aromatic ring is 1. The molecule has 2 aromatic rings. The fourth-order valence-electron chi connectivity index (χ4n) is 4.54. The third-order valence-electron chi connectivity index (χ3n) is 6.72. The molecule has 0 spiro atoms. The second kappa shape index (κ2) is 13.3. The van der Waals surface area contributed by atoms with Crippen LogP contribution in [0.2, 0.25) is 0 Å². The Morgan fingerprint density at radius 2 is 1.85 bits per heavy atom. The Balaban J connectivity index is 1.76. The Morgan fingerprint density at radius 3 is 2.46 bits per heavy atom. The van der Waals surface area contributed by atoms with Crippen molar-refractivity contribution in [1.82, 2.24) is 5.32 Å². The number of ether oxygens (including phenoxy) is 3. The SMILES string of the molecule is COC[C@@H](Oc1cc(C[C@@H]2CS(=O)C[C@H](NCc3cc(OC)cc(C(C)C)c3)[C@H]2O)cc(F)c1N)C(F)(F)F. The standard InChI is InChI=1S/C27H36F4N2O5S/c1-15(2)18-6-17(7-20(10-18)37-4)11-33-22-14-39(35)13-19(26(22)34)5-16-8-21(28)25(32)23(9-16)38-24(12-36-3)27(29,30)31/h6-10,15,19,22,24,26,33-34H,5,11-14,32H2,1-4H3/t19-,22+,24-,26+,39?/m1/s1. The van der Waals surface area contributed by atoms with Crippen molar-refractivity contribution in [2.75, 3.05) is 38.1 Å². The van der Waals surface area contributed by atoms with Gasteiger partial charge in [0.05, 0.1) is 19.8 Å². The molecule has 7 nitrogen and oxygen atoms in total. The monoisotopic (exact) mass is 576 g/mol. The van der Waals surface area contributed by atoms with Crippen molar-refractivity contribution in [2.45, 2.75) is 57.2 Å². The zero-order valence-corrected chi connectivity index (χ0v) is 23.2. The van der Waals surface area contributed by atoms with E-state index in [2.05, 4.69) is 23.9 Å². The van der Waals surface area contributed by atoms with Gasteiger partial charge in [0.15, 0.2) is 0 Å². The van der Waals surface area contributed by atoms with Crippen LogP contribution in [0.1, 0.15) is 36.5 Å². The molecule has 0 amide bonds. The molecule has 0 aliphatic carbocycles. The number of hydrogen-bond donors (Lipinski definition) is 3. The first-order chi connectivity index (χ1) is 18.3. The lowest BCUT2D eigenvalue weighted by Crippen LogP contribution is -2.53. The molecule has 1 aliphatic heterocycles. The molecular weight excluding hydrogens is 540 g/mol. The molecule has 1 saturated heterocycles. The van der Waals surface area contributed by atoms with E-state index in [-0.39, 0.29) is 29.4 Å². The van der Waals surface area contributed by atoms with Gasteiger partial charge in [-0.25, -0.2) is 4.39 Å². The Kier molecular flexibility index (Phi) is 10.6. The van der Waals surface area contributed by atoms with Gasteiger partial charge in [-0.15, -0.1) is 0 Å². The topological polar surface area (TPSA) is 103 Å². The van der Waals surface area contributed by atoms with E-state index in [0.717, 1.165) is 24.3 Å². The van der Waals surface area contributed by atoms with Crippen molar-refractivity contribution in [3.8, 4) is 11.5 Å². The van der Waals surface area contributed by atoms with E-state index in [0.29, 0.717) is 12.3 Å². The summed E-state index contributed by atoms with van der Waals surface area (Å²) in [6.45, 7) is 3.74. The summed E-state index contributed by atoms with van der Waals surface area (Å²) in [5, 5.41) is 14.4. The number of aliphatic hydroxyl groups excluding tert-OH is 1. The van der Waals surface area contributed by atoms with Gasteiger partial charge >= 0.3 is 6.18 Å². The van der Waals surface area contributed by atoms with Gasteiger partial charge in [-0.1, -0.05) is 19.9 Å². The molecule has 1 heterocycles. The summed E-state index contributed by atoms with van der Waals surface area (Å²) >= 11 is 0. The Hall–Kier alpha value is -2.41. The smallest absolute Gasteiger partial charge is 0.427 e. The Morgan fingerprint density at radius 1 is 1.13 bits per heavy atom. The summed E-state index contributed by atoms with van der Waals surface area (Å²) in [5.41, 5.74) is 7.41. The molecule has 4 N–H and O–H groups in total. The van der Waals surface area contributed by atoms with E-state index in [1.807, 2.05) is 18.2 Å². The first-order valence-corrected chi connectivity index (χ1v) is 14.1. The van der Waals surface area contributed by atoms with Crippen molar-refractivity contribution in [3.63, 3.8) is 0 Å². The lowest BCUT2D eigenvalue weighted by Gasteiger charge is -2.35. The number of alkyl halides is 3. The molecule has 12 heteroatoms. The van der Waals surface area contributed by atoms with Crippen molar-refractivity contribution in [1.29, 1.82) is 0 Å². The van der Waals surface area contributed by atoms with Crippen molar-refractivity contribution >= 4 is 16.5 Å². The van der Waals surface area contributed by atoms with Crippen LogP contribution < -0.4 is 20.5 Å². The minimum Gasteiger partial charge on any atom is -0.497 e. The highest BCUT2D eigenvalue weighted by atomic mass is 32.2. The van der Waals surface area contributed by atoms with Crippen LogP contribution in [0.5, 0.6) is 11.5 Å². The van der Waals surface area contributed by atoms with Crippen molar-refractivity contribution in [2.24, 2.45) is 5.92 Å². The van der Waals surface area contributed by atoms with Gasteiger partial charge in [-0.3, -0.25) is 4.21 Å². The normalized spacial score (nSPS) is 22.6. The fourth-order valence-corrected chi connectivity index (χ4v) is 6.19. The van der Waals surface area contributed by atoms with E-state index >= 15 is 0 Å². The summed E-state index contributed by atoms with van der Waals surface area (Å²) in [4.78, 5) is 0. The van der Waals surface area contributed by atoms with Gasteiger partial charge in [-0.2, -0.15) is 13.2 Å². The highest BCUT2D eigenvalue weighted by Gasteiger charge is 2.42. The lowest BCUT2D eigenvalue weighted by atomic mass is 9.91. The Bertz CT molecular complexity index is 1150. The number of halogens is 4. The van der Waals surface area contributed by atoms with Crippen LogP contribution in [0.3, 0.4) is 0 Å². The van der Waals surface area contributed by atoms with Crippen LogP contribution >= 0.6 is 0 Å². The average Bonchev–Trinajstić information content (AvgIpc) is 2.86. The number of methoxy groups -OCH3 is 2. The largest absolute Gasteiger partial charge is 0.497 e. The maximum Gasteiger partial charge on any atom is 0.427 e. The summed E-state index contributed by atoms with van der Waals surface area (Å²) in [6, 6.07) is 7.70. The van der Waals surface area contributed by atoms with Gasteiger partial charge in [0.25, 0.3) is 0 Å². The van der Waals surface area contributed by atoms with Gasteiger partial charge < -0.3 is 30.4 Å². The van der Waals surface area contributed by atoms with Crippen LogP contribution in [-0.2, 0) is 28.5 Å². The van der Waals surface area contributed by atoms with Crippen molar-refractivity contribution in [3.05, 3.63) is 52.8 Å². The maximum atomic E-state index is 14.6. The zero-order valence-electron chi connectivity index (χ0n) is 22.4. The maximum absolute atomic E-state index is 14.6. The van der Waals surface area contributed by atoms with Crippen LogP contribution in [0, 0.1) is 11.7 Å². The summed E-state index contributed by atoms with van der Waals surface area (Å²) < 4.78 is 82.2. The molecule has 0 aromatic heterocycles. The summed E-state index contributed by atoms with van der Waals surface area (Å²) in [7, 11) is 1.41. The molecule has 0 radical (unpaired) electrons. The average molecular weight is 577 g/mol. The van der Waals surface area contributed by atoms with E-state index in [9.17, 15) is 26.9 Å². The number of aliphatic hydroxyl groups is 1. The summed E-state index contributed by atoms with van der Waals surface area (Å²) in [6.07, 6.45) is -7.97. The molecule has 39 heavy (non-hydrogen) atoms. The molecular formula is C27H36F4N2O5S. The van der Waals surface area contributed by atoms with Crippen LogP contribution in [0.4, 0.5) is 23.2 Å². The number of anilines is 1. The van der Waals surface area contributed by atoms with E-state index in [1.54, 1.807) is 7.11 Å². The third-order valence-corrected chi connectivity index (χ3v) is 8.25. The second-order valence-electron chi connectivity index (χ2n) is 10.1. The number of hydrogen-bond acceptors (Lipinski definition) is 7. The predicted molar refractivity (Wildman–Crippen MR) is 142 cm³/mol. The molecule has 0 saturated carbocycles. The highest BCUT2D eigenvalue weighted by molar-refractivity contribution is 7.85. The molecule has 5 atom stereocenters. The van der Waals surface area contributed by atoms with Gasteiger partial charge in [0, 0.05) is 47.9 Å². The number of nitrogens with two attached hydrogens (primary N) is 1. The predicted octanol–water partition coefficient (Wildman–Crippen LogP) is 3.94. The van der Waals surface area contributed by atoms with Crippen LogP contribution in [-0.4, -0.2) is 66.1 Å². The molecule has 218 valence electrons. The minimum absolute atomic E-state index is 0.0657. The molecule has 1 aliphatic rings. The van der Waals surface area contributed by atoms with Gasteiger partial charge in [-0.05, 0) is 53.3 Å². The molecule has 1 unspecified atom stereocenters. The second-order valence-corrected chi connectivity index (χ2v) is 11.6. The third kappa shape index (κ3) is 8.29. The Labute approximate surface area is 228 Å². The first kappa shape index (κ1) is 31.1. The zero-order chi connectivity index (χ0) is 28.9. The lowest BCUT2D eigenvalue weighted by molar-refractivity contribution is -0.206. The fraction of sp³-hybridized carbons (Fsp3) is 0.556. The number of nitrogens with one attached hydrogen (secondary N) is 1. The van der Waals surface area contributed by atoms with E-state index < -0.39 is 65.0 Å². The van der Waals surface area contributed by atoms with Gasteiger partial charge in [0.1, 0.15) is 23.0 Å². The molecule has 2 aromatic carbocycles.